The minimum absolute atomic E-state index is 0.845. The Hall–Kier alpha value is -0.990. The molecule has 2 nitrogen and oxygen atoms in total. The van der Waals surface area contributed by atoms with E-state index in [9.17, 15) is 0 Å². The highest BCUT2D eigenvalue weighted by Crippen LogP contribution is 2.28. The molecule has 0 radical (unpaired) electrons. The number of hydrogen-bond acceptors (Lipinski definition) is 1. The van der Waals surface area contributed by atoms with Gasteiger partial charge in [0.25, 0.3) is 0 Å². The Morgan fingerprint density at radius 2 is 2.00 bits per heavy atom. The van der Waals surface area contributed by atoms with Crippen molar-refractivity contribution in [1.82, 2.24) is 9.47 Å². The summed E-state index contributed by atoms with van der Waals surface area (Å²) in [5.74, 6) is 0. The Morgan fingerprint density at radius 3 is 2.76 bits per heavy atom. The molecule has 0 atom stereocenters. The zero-order valence-corrected chi connectivity index (χ0v) is 10.9. The molecule has 0 saturated carbocycles. The molecule has 0 N–H and O–H groups in total. The van der Waals surface area contributed by atoms with Crippen LogP contribution in [0.1, 0.15) is 18.4 Å². The average Bonchev–Trinajstić information content (AvgIpc) is 2.90. The van der Waals surface area contributed by atoms with Gasteiger partial charge in [-0.3, -0.25) is 4.90 Å². The van der Waals surface area contributed by atoms with Crippen molar-refractivity contribution in [3.8, 4) is 0 Å². The second kappa shape index (κ2) is 4.35. The van der Waals surface area contributed by atoms with E-state index in [4.69, 9.17) is 11.6 Å². The Kier molecular flexibility index (Phi) is 2.85. The number of aromatic nitrogens is 1. The Balaban J connectivity index is 2.01. The minimum atomic E-state index is 0.845. The van der Waals surface area contributed by atoms with Gasteiger partial charge in [0.15, 0.2) is 0 Å². The Labute approximate surface area is 107 Å². The van der Waals surface area contributed by atoms with Crippen molar-refractivity contribution in [2.75, 3.05) is 13.1 Å². The number of likely N-dealkylation sites (tertiary alicyclic amines) is 1. The molecule has 0 spiro atoms. The van der Waals surface area contributed by atoms with Crippen LogP contribution in [0.2, 0.25) is 5.02 Å². The maximum Gasteiger partial charge on any atom is 0.0670 e. The number of benzene rings is 1. The molecule has 2 heterocycles. The highest BCUT2D eigenvalue weighted by Gasteiger charge is 2.15. The van der Waals surface area contributed by atoms with Gasteiger partial charge in [0, 0.05) is 25.2 Å². The van der Waals surface area contributed by atoms with E-state index < -0.39 is 0 Å². The van der Waals surface area contributed by atoms with Crippen LogP contribution in [0, 0.1) is 0 Å². The van der Waals surface area contributed by atoms with Crippen LogP contribution in [0.25, 0.3) is 10.9 Å². The van der Waals surface area contributed by atoms with Crippen LogP contribution < -0.4 is 0 Å². The molecule has 3 heteroatoms. The van der Waals surface area contributed by atoms with Gasteiger partial charge in [0.05, 0.1) is 10.5 Å². The first kappa shape index (κ1) is 11.1. The molecule has 1 saturated heterocycles. The van der Waals surface area contributed by atoms with Gasteiger partial charge >= 0.3 is 0 Å². The minimum Gasteiger partial charge on any atom is -0.349 e. The molecule has 2 aromatic rings. The standard InChI is InChI=1S/C14H17ClN2/c1-16-9-11(10-17-7-2-3-8-17)12-5-4-6-13(15)14(12)16/h4-6,9H,2-3,7-8,10H2,1H3. The lowest BCUT2D eigenvalue weighted by molar-refractivity contribution is 0.332. The van der Waals surface area contributed by atoms with Crippen LogP contribution in [-0.2, 0) is 13.6 Å². The van der Waals surface area contributed by atoms with E-state index in [1.54, 1.807) is 0 Å². The third kappa shape index (κ3) is 1.96. The average molecular weight is 249 g/mol. The van der Waals surface area contributed by atoms with E-state index in [0.29, 0.717) is 0 Å². The summed E-state index contributed by atoms with van der Waals surface area (Å²) >= 11 is 6.26. The van der Waals surface area contributed by atoms with E-state index in [-0.39, 0.29) is 0 Å². The van der Waals surface area contributed by atoms with Gasteiger partial charge in [-0.25, -0.2) is 0 Å². The highest BCUT2D eigenvalue weighted by atomic mass is 35.5. The second-order valence-electron chi connectivity index (χ2n) is 4.88. The molecule has 1 aliphatic rings. The number of nitrogens with zero attached hydrogens (tertiary/aromatic N) is 2. The van der Waals surface area contributed by atoms with Gasteiger partial charge in [0.2, 0.25) is 0 Å². The van der Waals surface area contributed by atoms with Gasteiger partial charge in [-0.15, -0.1) is 0 Å². The van der Waals surface area contributed by atoms with Crippen LogP contribution in [0.4, 0.5) is 0 Å². The van der Waals surface area contributed by atoms with Crippen molar-refractivity contribution in [2.24, 2.45) is 7.05 Å². The van der Waals surface area contributed by atoms with E-state index in [2.05, 4.69) is 28.8 Å². The summed E-state index contributed by atoms with van der Waals surface area (Å²) in [6, 6.07) is 6.17. The summed E-state index contributed by atoms with van der Waals surface area (Å²) in [5.41, 5.74) is 2.55. The number of para-hydroxylation sites is 1. The zero-order chi connectivity index (χ0) is 11.8. The molecule has 0 amide bonds. The molecule has 3 rings (SSSR count). The molecule has 90 valence electrons. The van der Waals surface area contributed by atoms with E-state index >= 15 is 0 Å². The lowest BCUT2D eigenvalue weighted by Crippen LogP contribution is -2.18. The van der Waals surface area contributed by atoms with Crippen molar-refractivity contribution >= 4 is 22.5 Å². The third-order valence-corrected chi connectivity index (χ3v) is 3.93. The van der Waals surface area contributed by atoms with Crippen molar-refractivity contribution in [3.63, 3.8) is 0 Å². The molecular formula is C14H17ClN2. The van der Waals surface area contributed by atoms with E-state index in [1.807, 2.05) is 12.1 Å². The van der Waals surface area contributed by atoms with E-state index in [0.717, 1.165) is 17.1 Å². The van der Waals surface area contributed by atoms with Crippen molar-refractivity contribution in [1.29, 1.82) is 0 Å². The number of rotatable bonds is 2. The maximum absolute atomic E-state index is 6.26. The van der Waals surface area contributed by atoms with E-state index in [1.165, 1.54) is 36.9 Å². The predicted octanol–water partition coefficient (Wildman–Crippen LogP) is 3.43. The molecule has 17 heavy (non-hydrogen) atoms. The summed E-state index contributed by atoms with van der Waals surface area (Å²) in [7, 11) is 2.07. The van der Waals surface area contributed by atoms with Crippen LogP contribution in [0.5, 0.6) is 0 Å². The van der Waals surface area contributed by atoms with Gasteiger partial charge in [-0.05, 0) is 37.6 Å². The monoisotopic (exact) mass is 248 g/mol. The molecule has 1 fully saturated rings. The largest absolute Gasteiger partial charge is 0.349 e. The van der Waals surface area contributed by atoms with Crippen LogP contribution in [0.15, 0.2) is 24.4 Å². The zero-order valence-electron chi connectivity index (χ0n) is 10.1. The summed E-state index contributed by atoms with van der Waals surface area (Å²) in [6.45, 7) is 3.52. The topological polar surface area (TPSA) is 8.17 Å². The molecule has 1 aliphatic heterocycles. The fraction of sp³-hybridized carbons (Fsp3) is 0.429. The number of hydrogen-bond donors (Lipinski definition) is 0. The Bertz CT molecular complexity index is 538. The first-order chi connectivity index (χ1) is 8.25. The van der Waals surface area contributed by atoms with Crippen LogP contribution in [0.3, 0.4) is 0 Å². The quantitative estimate of drug-likeness (QED) is 0.791. The van der Waals surface area contributed by atoms with Crippen LogP contribution >= 0.6 is 11.6 Å². The van der Waals surface area contributed by atoms with Gasteiger partial charge in [-0.2, -0.15) is 0 Å². The molecule has 0 bridgehead atoms. The number of aryl methyl sites for hydroxylation is 1. The lowest BCUT2D eigenvalue weighted by atomic mass is 10.1. The summed E-state index contributed by atoms with van der Waals surface area (Å²) in [5, 5.41) is 2.14. The molecule has 0 aliphatic carbocycles. The van der Waals surface area contributed by atoms with Crippen molar-refractivity contribution in [3.05, 3.63) is 35.0 Å². The van der Waals surface area contributed by atoms with Gasteiger partial charge < -0.3 is 4.57 Å². The molecule has 0 unspecified atom stereocenters. The molecule has 1 aromatic carbocycles. The van der Waals surface area contributed by atoms with Gasteiger partial charge in [-0.1, -0.05) is 23.7 Å². The Morgan fingerprint density at radius 1 is 1.24 bits per heavy atom. The summed E-state index contributed by atoms with van der Waals surface area (Å²) in [4.78, 5) is 2.52. The fourth-order valence-electron chi connectivity index (χ4n) is 2.81. The number of halogens is 1. The predicted molar refractivity (Wildman–Crippen MR) is 72.4 cm³/mol. The first-order valence-corrected chi connectivity index (χ1v) is 6.58. The lowest BCUT2D eigenvalue weighted by Gasteiger charge is -2.13. The van der Waals surface area contributed by atoms with Crippen molar-refractivity contribution < 1.29 is 0 Å². The van der Waals surface area contributed by atoms with Gasteiger partial charge in [0.1, 0.15) is 0 Å². The maximum atomic E-state index is 6.26. The molecule has 1 aromatic heterocycles. The van der Waals surface area contributed by atoms with Crippen molar-refractivity contribution in [2.45, 2.75) is 19.4 Å². The first-order valence-electron chi connectivity index (χ1n) is 6.20. The SMILES string of the molecule is Cn1cc(CN2CCCC2)c2cccc(Cl)c21. The number of fused-ring (bicyclic) bond motifs is 1. The smallest absolute Gasteiger partial charge is 0.0670 e. The van der Waals surface area contributed by atoms with Crippen LogP contribution in [-0.4, -0.2) is 22.6 Å². The summed E-state index contributed by atoms with van der Waals surface area (Å²) < 4.78 is 2.14. The second-order valence-corrected chi connectivity index (χ2v) is 5.29. The summed E-state index contributed by atoms with van der Waals surface area (Å²) in [6.07, 6.45) is 4.89. The molecular weight excluding hydrogens is 232 g/mol. The third-order valence-electron chi connectivity index (χ3n) is 3.63. The highest BCUT2D eigenvalue weighted by molar-refractivity contribution is 6.35. The fourth-order valence-corrected chi connectivity index (χ4v) is 3.12. The normalized spacial score (nSPS) is 17.1.